The molecule has 2 atom stereocenters. The average Bonchev–Trinajstić information content (AvgIpc) is 2.57. The number of rotatable bonds is 3. The molecular weight excluding hydrogens is 152 g/mol. The van der Waals surface area contributed by atoms with Crippen LogP contribution in [0.25, 0.3) is 0 Å². The summed E-state index contributed by atoms with van der Waals surface area (Å²) in [7, 11) is 0. The number of carbonyl (C=O) groups is 1. The van der Waals surface area contributed by atoms with Crippen LogP contribution >= 0.6 is 0 Å². The van der Waals surface area contributed by atoms with E-state index in [1.54, 1.807) is 0 Å². The van der Waals surface area contributed by atoms with Crippen LogP contribution in [0, 0.1) is 5.92 Å². The molecule has 2 aliphatic carbocycles. The third kappa shape index (κ3) is 1.11. The number of allylic oxidation sites excluding steroid dienone is 1. The first kappa shape index (κ1) is 7.99. The molecule has 0 heterocycles. The fourth-order valence-corrected chi connectivity index (χ4v) is 2.17. The van der Waals surface area contributed by atoms with Crippen molar-refractivity contribution < 1.29 is 9.90 Å². The van der Waals surface area contributed by atoms with Crippen LogP contribution in [0.15, 0.2) is 11.6 Å². The summed E-state index contributed by atoms with van der Waals surface area (Å²) in [6.45, 7) is 0. The Hall–Kier alpha value is -0.630. The lowest BCUT2D eigenvalue weighted by Crippen LogP contribution is -2.13. The number of carbonyl (C=O) groups excluding carboxylic acids is 1. The van der Waals surface area contributed by atoms with Crippen molar-refractivity contribution in [1.82, 2.24) is 0 Å². The lowest BCUT2D eigenvalue weighted by atomic mass is 10.0. The van der Waals surface area contributed by atoms with E-state index < -0.39 is 5.60 Å². The second-order valence-corrected chi connectivity index (χ2v) is 3.85. The molecule has 0 aromatic heterocycles. The monoisotopic (exact) mass is 166 g/mol. The Morgan fingerprint density at radius 1 is 1.75 bits per heavy atom. The Bertz CT molecular complexity index is 232. The van der Waals surface area contributed by atoms with E-state index in [0.717, 1.165) is 25.5 Å². The molecule has 2 rings (SSSR count). The number of aliphatic hydroxyl groups is 1. The van der Waals surface area contributed by atoms with Crippen molar-refractivity contribution in [2.45, 2.75) is 37.7 Å². The van der Waals surface area contributed by atoms with Gasteiger partial charge in [-0.1, -0.05) is 6.08 Å². The van der Waals surface area contributed by atoms with Crippen molar-refractivity contribution in [3.05, 3.63) is 11.6 Å². The summed E-state index contributed by atoms with van der Waals surface area (Å²) in [6.07, 6.45) is 7.69. The highest BCUT2D eigenvalue weighted by Gasteiger charge is 2.54. The maximum absolute atomic E-state index is 10.2. The zero-order valence-electron chi connectivity index (χ0n) is 7.12. The second kappa shape index (κ2) is 2.70. The first-order valence-corrected chi connectivity index (χ1v) is 4.63. The summed E-state index contributed by atoms with van der Waals surface area (Å²) in [4.78, 5) is 10.2. The van der Waals surface area contributed by atoms with Crippen LogP contribution in [0.4, 0.5) is 0 Å². The molecule has 1 fully saturated rings. The van der Waals surface area contributed by atoms with E-state index in [-0.39, 0.29) is 5.92 Å². The SMILES string of the molecule is O=CC[C@@H]1C[C@]1(O)C1=CCCC1. The lowest BCUT2D eigenvalue weighted by Gasteiger charge is -2.10. The van der Waals surface area contributed by atoms with Crippen LogP contribution < -0.4 is 0 Å². The average molecular weight is 166 g/mol. The first-order chi connectivity index (χ1) is 5.77. The highest BCUT2D eigenvalue weighted by molar-refractivity contribution is 5.52. The van der Waals surface area contributed by atoms with Gasteiger partial charge in [0.25, 0.3) is 0 Å². The summed E-state index contributed by atoms with van der Waals surface area (Å²) < 4.78 is 0. The van der Waals surface area contributed by atoms with Gasteiger partial charge in [0.15, 0.2) is 0 Å². The van der Waals surface area contributed by atoms with Gasteiger partial charge in [0.1, 0.15) is 6.29 Å². The number of aldehydes is 1. The van der Waals surface area contributed by atoms with Crippen molar-refractivity contribution in [1.29, 1.82) is 0 Å². The van der Waals surface area contributed by atoms with E-state index >= 15 is 0 Å². The van der Waals surface area contributed by atoms with E-state index in [2.05, 4.69) is 6.08 Å². The van der Waals surface area contributed by atoms with Crippen LogP contribution in [0.2, 0.25) is 0 Å². The van der Waals surface area contributed by atoms with Gasteiger partial charge < -0.3 is 9.90 Å². The van der Waals surface area contributed by atoms with Gasteiger partial charge in [-0.15, -0.1) is 0 Å². The summed E-state index contributed by atoms with van der Waals surface area (Å²) in [6, 6.07) is 0. The zero-order chi connectivity index (χ0) is 8.60. The quantitative estimate of drug-likeness (QED) is 0.508. The molecule has 12 heavy (non-hydrogen) atoms. The first-order valence-electron chi connectivity index (χ1n) is 4.63. The van der Waals surface area contributed by atoms with Gasteiger partial charge in [0.2, 0.25) is 0 Å². The molecule has 0 aliphatic heterocycles. The molecule has 66 valence electrons. The minimum Gasteiger partial charge on any atom is -0.385 e. The molecule has 0 aromatic carbocycles. The summed E-state index contributed by atoms with van der Waals surface area (Å²) in [5, 5.41) is 9.99. The van der Waals surface area contributed by atoms with Gasteiger partial charge in [-0.2, -0.15) is 0 Å². The minimum atomic E-state index is -0.572. The van der Waals surface area contributed by atoms with Gasteiger partial charge in [0, 0.05) is 12.3 Å². The van der Waals surface area contributed by atoms with Crippen molar-refractivity contribution in [2.24, 2.45) is 5.92 Å². The van der Waals surface area contributed by atoms with E-state index in [4.69, 9.17) is 0 Å². The van der Waals surface area contributed by atoms with Crippen molar-refractivity contribution >= 4 is 6.29 Å². The zero-order valence-corrected chi connectivity index (χ0v) is 7.12. The highest BCUT2D eigenvalue weighted by atomic mass is 16.3. The van der Waals surface area contributed by atoms with E-state index in [1.807, 2.05) is 0 Å². The Balaban J connectivity index is 2.00. The molecule has 0 amide bonds. The molecular formula is C10H14O2. The van der Waals surface area contributed by atoms with Gasteiger partial charge >= 0.3 is 0 Å². The second-order valence-electron chi connectivity index (χ2n) is 3.85. The molecule has 1 N–H and O–H groups in total. The number of hydrogen-bond donors (Lipinski definition) is 1. The Kier molecular flexibility index (Phi) is 1.80. The molecule has 2 nitrogen and oxygen atoms in total. The smallest absolute Gasteiger partial charge is 0.120 e. The van der Waals surface area contributed by atoms with Gasteiger partial charge in [-0.3, -0.25) is 0 Å². The molecule has 0 bridgehead atoms. The molecule has 0 radical (unpaired) electrons. The van der Waals surface area contributed by atoms with E-state index in [1.165, 1.54) is 12.0 Å². The Morgan fingerprint density at radius 2 is 2.58 bits per heavy atom. The van der Waals surface area contributed by atoms with Crippen LogP contribution in [0.3, 0.4) is 0 Å². The fourth-order valence-electron chi connectivity index (χ4n) is 2.17. The maximum Gasteiger partial charge on any atom is 0.120 e. The summed E-state index contributed by atoms with van der Waals surface area (Å²) >= 11 is 0. The van der Waals surface area contributed by atoms with E-state index in [0.29, 0.717) is 6.42 Å². The van der Waals surface area contributed by atoms with Crippen molar-refractivity contribution in [3.8, 4) is 0 Å². The van der Waals surface area contributed by atoms with Crippen LogP contribution in [0.5, 0.6) is 0 Å². The van der Waals surface area contributed by atoms with Crippen LogP contribution in [0.1, 0.15) is 32.1 Å². The van der Waals surface area contributed by atoms with Crippen LogP contribution in [-0.4, -0.2) is 17.0 Å². The Labute approximate surface area is 72.3 Å². The molecule has 2 heteroatoms. The lowest BCUT2D eigenvalue weighted by molar-refractivity contribution is -0.108. The van der Waals surface area contributed by atoms with E-state index in [9.17, 15) is 9.90 Å². The molecule has 0 unspecified atom stereocenters. The van der Waals surface area contributed by atoms with Gasteiger partial charge in [-0.05, 0) is 31.3 Å². The standard InChI is InChI=1S/C10H14O2/c11-6-5-9-7-10(9,12)8-3-1-2-4-8/h3,6,9,12H,1-2,4-5,7H2/t9-,10+/m1/s1. The number of hydrogen-bond acceptors (Lipinski definition) is 2. The minimum absolute atomic E-state index is 0.222. The predicted octanol–water partition coefficient (Wildman–Crippen LogP) is 1.44. The Morgan fingerprint density at radius 3 is 3.17 bits per heavy atom. The predicted molar refractivity (Wildman–Crippen MR) is 45.7 cm³/mol. The third-order valence-corrected chi connectivity index (χ3v) is 3.05. The maximum atomic E-state index is 10.2. The molecule has 1 saturated carbocycles. The van der Waals surface area contributed by atoms with Gasteiger partial charge in [0.05, 0.1) is 5.60 Å². The summed E-state index contributed by atoms with van der Waals surface area (Å²) in [5.74, 6) is 0.222. The molecule has 0 spiro atoms. The molecule has 0 aromatic rings. The fraction of sp³-hybridized carbons (Fsp3) is 0.700. The van der Waals surface area contributed by atoms with Crippen LogP contribution in [-0.2, 0) is 4.79 Å². The highest BCUT2D eigenvalue weighted by Crippen LogP contribution is 2.53. The van der Waals surface area contributed by atoms with Crippen molar-refractivity contribution in [3.63, 3.8) is 0 Å². The normalized spacial score (nSPS) is 39.4. The topological polar surface area (TPSA) is 37.3 Å². The van der Waals surface area contributed by atoms with Gasteiger partial charge in [-0.25, -0.2) is 0 Å². The largest absolute Gasteiger partial charge is 0.385 e. The molecule has 2 aliphatic rings. The third-order valence-electron chi connectivity index (χ3n) is 3.05. The van der Waals surface area contributed by atoms with Crippen molar-refractivity contribution in [2.75, 3.05) is 0 Å². The summed E-state index contributed by atoms with van der Waals surface area (Å²) in [5.41, 5.74) is 0.617. The molecule has 0 saturated heterocycles.